The smallest absolute Gasteiger partial charge is 0.254 e. The van der Waals surface area contributed by atoms with Gasteiger partial charge in [-0.1, -0.05) is 48.5 Å². The van der Waals surface area contributed by atoms with Crippen LogP contribution < -0.4 is 5.73 Å². The number of para-hydroxylation sites is 1. The predicted molar refractivity (Wildman–Crippen MR) is 140 cm³/mol. The highest BCUT2D eigenvalue weighted by Crippen LogP contribution is 2.31. The Kier molecular flexibility index (Phi) is 5.38. The van der Waals surface area contributed by atoms with Crippen LogP contribution in [-0.4, -0.2) is 43.9 Å². The van der Waals surface area contributed by atoms with E-state index in [1.165, 1.54) is 16.5 Å². The van der Waals surface area contributed by atoms with Crippen molar-refractivity contribution in [3.05, 3.63) is 95.8 Å². The van der Waals surface area contributed by atoms with E-state index in [1.54, 1.807) is 0 Å². The summed E-state index contributed by atoms with van der Waals surface area (Å²) in [4.78, 5) is 20.1. The number of nitrogens with zero attached hydrogens (tertiary/aromatic N) is 4. The third-order valence-corrected chi connectivity index (χ3v) is 7.09. The molecule has 0 radical (unpaired) electrons. The van der Waals surface area contributed by atoms with Gasteiger partial charge in [0.15, 0.2) is 0 Å². The first-order valence-corrected chi connectivity index (χ1v) is 12.2. The van der Waals surface area contributed by atoms with Crippen LogP contribution in [0.4, 0.5) is 0 Å². The van der Waals surface area contributed by atoms with Crippen molar-refractivity contribution < 1.29 is 4.79 Å². The van der Waals surface area contributed by atoms with Gasteiger partial charge in [0.25, 0.3) is 5.91 Å². The molecule has 3 aromatic heterocycles. The third-order valence-electron chi connectivity index (χ3n) is 7.09. The van der Waals surface area contributed by atoms with Crippen LogP contribution in [0.2, 0.25) is 0 Å². The van der Waals surface area contributed by atoms with Gasteiger partial charge < -0.3 is 19.6 Å². The van der Waals surface area contributed by atoms with Crippen molar-refractivity contribution in [2.24, 2.45) is 5.73 Å². The minimum atomic E-state index is 0.0306. The lowest BCUT2D eigenvalue weighted by molar-refractivity contribution is 0.0709. The molecule has 1 aliphatic heterocycles. The van der Waals surface area contributed by atoms with E-state index in [1.807, 2.05) is 29.3 Å². The van der Waals surface area contributed by atoms with Gasteiger partial charge >= 0.3 is 0 Å². The number of amides is 1. The molecule has 1 aliphatic rings. The van der Waals surface area contributed by atoms with Crippen molar-refractivity contribution >= 4 is 22.5 Å². The average molecular weight is 464 g/mol. The first kappa shape index (κ1) is 21.6. The summed E-state index contributed by atoms with van der Waals surface area (Å²) >= 11 is 0. The average Bonchev–Trinajstić information content (AvgIpc) is 3.41. The largest absolute Gasteiger partial charge is 0.337 e. The number of benzene rings is 2. The number of rotatable bonds is 4. The maximum absolute atomic E-state index is 13.2. The van der Waals surface area contributed by atoms with Gasteiger partial charge in [-0.3, -0.25) is 4.79 Å². The van der Waals surface area contributed by atoms with E-state index in [4.69, 9.17) is 10.7 Å². The number of fused-ring (bicyclic) bond motifs is 2. The van der Waals surface area contributed by atoms with Gasteiger partial charge in [0, 0.05) is 54.0 Å². The second kappa shape index (κ2) is 8.71. The van der Waals surface area contributed by atoms with Gasteiger partial charge in [0.1, 0.15) is 11.3 Å². The second-order valence-corrected chi connectivity index (χ2v) is 9.50. The summed E-state index contributed by atoms with van der Waals surface area (Å²) in [6.45, 7) is 4.22. The molecule has 1 amide bonds. The number of imidazole rings is 1. The third kappa shape index (κ3) is 3.90. The number of hydrogen-bond acceptors (Lipinski definition) is 3. The number of hydrogen-bond donors (Lipinski definition) is 1. The number of pyridine rings is 1. The van der Waals surface area contributed by atoms with E-state index >= 15 is 0 Å². The van der Waals surface area contributed by atoms with Gasteiger partial charge in [-0.15, -0.1) is 0 Å². The molecule has 0 spiro atoms. The molecule has 1 saturated heterocycles. The number of aryl methyl sites for hydroxylation is 1. The molecule has 2 aromatic carbocycles. The molecule has 5 aromatic rings. The van der Waals surface area contributed by atoms with E-state index in [-0.39, 0.29) is 11.9 Å². The fraction of sp³-hybridized carbons (Fsp3) is 0.241. The molecule has 35 heavy (non-hydrogen) atoms. The number of carbonyl (C=O) groups is 1. The summed E-state index contributed by atoms with van der Waals surface area (Å²) < 4.78 is 4.40. The van der Waals surface area contributed by atoms with Crippen molar-refractivity contribution in [1.29, 1.82) is 0 Å². The first-order valence-electron chi connectivity index (χ1n) is 12.2. The highest BCUT2D eigenvalue weighted by molar-refractivity contribution is 5.95. The Morgan fingerprint density at radius 2 is 1.86 bits per heavy atom. The van der Waals surface area contributed by atoms with Crippen LogP contribution in [0.25, 0.3) is 27.9 Å². The number of carbonyl (C=O) groups excluding carboxylic acids is 1. The molecule has 0 saturated carbocycles. The predicted octanol–water partition coefficient (Wildman–Crippen LogP) is 4.88. The molecular weight excluding hydrogens is 434 g/mol. The van der Waals surface area contributed by atoms with Crippen LogP contribution in [0.15, 0.2) is 79.0 Å². The molecule has 1 atom stereocenters. The van der Waals surface area contributed by atoms with E-state index in [0.29, 0.717) is 12.1 Å². The molecule has 0 aliphatic carbocycles. The van der Waals surface area contributed by atoms with Crippen LogP contribution in [0.3, 0.4) is 0 Å². The normalized spacial score (nSPS) is 16.3. The molecular formula is C29H29N5O. The lowest BCUT2D eigenvalue weighted by Crippen LogP contribution is -2.45. The van der Waals surface area contributed by atoms with Crippen LogP contribution >= 0.6 is 0 Å². The quantitative estimate of drug-likeness (QED) is 0.413. The summed E-state index contributed by atoms with van der Waals surface area (Å²) in [5.74, 6) is 0.0306. The Balaban J connectivity index is 1.43. The topological polar surface area (TPSA) is 68.6 Å². The van der Waals surface area contributed by atoms with Crippen LogP contribution in [-0.2, 0) is 6.54 Å². The second-order valence-electron chi connectivity index (χ2n) is 9.50. The molecule has 176 valence electrons. The summed E-state index contributed by atoms with van der Waals surface area (Å²) in [5, 5.41) is 1.19. The Morgan fingerprint density at radius 3 is 2.69 bits per heavy atom. The molecule has 0 bridgehead atoms. The zero-order valence-corrected chi connectivity index (χ0v) is 19.9. The van der Waals surface area contributed by atoms with Crippen LogP contribution in [0.1, 0.15) is 34.5 Å². The fourth-order valence-electron chi connectivity index (χ4n) is 5.26. The zero-order valence-electron chi connectivity index (χ0n) is 19.9. The molecule has 2 N–H and O–H groups in total. The number of nitrogens with two attached hydrogens (primary N) is 1. The fourth-order valence-corrected chi connectivity index (χ4v) is 5.26. The van der Waals surface area contributed by atoms with Crippen molar-refractivity contribution in [2.45, 2.75) is 32.4 Å². The molecule has 0 unspecified atom stereocenters. The lowest BCUT2D eigenvalue weighted by atomic mass is 10.1. The van der Waals surface area contributed by atoms with E-state index in [9.17, 15) is 4.79 Å². The van der Waals surface area contributed by atoms with Gasteiger partial charge in [0.2, 0.25) is 0 Å². The molecule has 6 nitrogen and oxygen atoms in total. The van der Waals surface area contributed by atoms with E-state index < -0.39 is 0 Å². The Labute approximate surface area is 204 Å². The van der Waals surface area contributed by atoms with Gasteiger partial charge in [0.05, 0.1) is 5.69 Å². The minimum absolute atomic E-state index is 0.0306. The standard InChI is InChI=1S/C29H29N5O/c1-20-28(26-16-22-10-5-6-12-25(22)34(26)18-21-8-3-2-4-9-21)31-27-17-23(13-15-33(20)27)29(35)32-14-7-11-24(30)19-32/h2-6,8-10,12-13,15-17,24H,7,11,14,18-19,30H2,1H3/t24-/m1/s1. The summed E-state index contributed by atoms with van der Waals surface area (Å²) in [6, 6.07) is 25.0. The SMILES string of the molecule is Cc1c(-c2cc3ccccc3n2Cc2ccccc2)nc2cc(C(=O)N3CCC[C@@H](N)C3)ccn12. The van der Waals surface area contributed by atoms with E-state index in [0.717, 1.165) is 48.7 Å². The highest BCUT2D eigenvalue weighted by Gasteiger charge is 2.23. The Morgan fingerprint density at radius 1 is 1.06 bits per heavy atom. The van der Waals surface area contributed by atoms with Gasteiger partial charge in [-0.2, -0.15) is 0 Å². The zero-order chi connectivity index (χ0) is 23.9. The van der Waals surface area contributed by atoms with Gasteiger partial charge in [-0.25, -0.2) is 4.98 Å². The number of aromatic nitrogens is 3. The summed E-state index contributed by atoms with van der Waals surface area (Å²) in [6.07, 6.45) is 3.89. The highest BCUT2D eigenvalue weighted by atomic mass is 16.2. The summed E-state index contributed by atoms with van der Waals surface area (Å²) in [7, 11) is 0. The van der Waals surface area contributed by atoms with Gasteiger partial charge in [-0.05, 0) is 49.6 Å². The first-order chi connectivity index (χ1) is 17.1. The number of piperidine rings is 1. The maximum atomic E-state index is 13.2. The van der Waals surface area contributed by atoms with Crippen molar-refractivity contribution in [2.75, 3.05) is 13.1 Å². The monoisotopic (exact) mass is 463 g/mol. The number of likely N-dealkylation sites (tertiary alicyclic amines) is 1. The molecule has 4 heterocycles. The molecule has 6 heteroatoms. The van der Waals surface area contributed by atoms with E-state index in [2.05, 4.69) is 70.5 Å². The molecule has 6 rings (SSSR count). The molecule has 1 fully saturated rings. The van der Waals surface area contributed by atoms with Crippen molar-refractivity contribution in [1.82, 2.24) is 18.9 Å². The summed E-state index contributed by atoms with van der Waals surface area (Å²) in [5.41, 5.74) is 13.0. The maximum Gasteiger partial charge on any atom is 0.254 e. The van der Waals surface area contributed by atoms with Crippen molar-refractivity contribution in [3.63, 3.8) is 0 Å². The van der Waals surface area contributed by atoms with Crippen molar-refractivity contribution in [3.8, 4) is 11.4 Å². The van der Waals surface area contributed by atoms with Crippen LogP contribution in [0, 0.1) is 6.92 Å². The lowest BCUT2D eigenvalue weighted by Gasteiger charge is -2.30. The Hall–Kier alpha value is -3.90. The Bertz CT molecular complexity index is 1530. The minimum Gasteiger partial charge on any atom is -0.337 e. The van der Waals surface area contributed by atoms with Crippen LogP contribution in [0.5, 0.6) is 0 Å².